The lowest BCUT2D eigenvalue weighted by molar-refractivity contribution is -0.166. The van der Waals surface area contributed by atoms with Crippen LogP contribution in [0.4, 0.5) is 0 Å². The fourth-order valence-electron chi connectivity index (χ4n) is 6.56. The SMILES string of the molecule is CC/C=C\C/C=C\C/C=C\C/C=C\C/C=C\C/C=C\CCC(=O)OC[C@@H](COC(=O)CCCCCCCCCCCCCC)OC(=O)CCC/C=C\C/C=C\C/C=C\C/C=C\C/C=C\CC. The Balaban J connectivity index is 4.61. The molecule has 6 heteroatoms. The first-order valence-electron chi connectivity index (χ1n) is 26.2. The van der Waals surface area contributed by atoms with E-state index in [1.54, 1.807) is 0 Å². The normalized spacial score (nSPS) is 13.2. The lowest BCUT2D eigenvalue weighted by Gasteiger charge is -2.18. The average Bonchev–Trinajstić information content (AvgIpc) is 3.31. The van der Waals surface area contributed by atoms with Gasteiger partial charge in [-0.3, -0.25) is 14.4 Å². The number of hydrogen-bond acceptors (Lipinski definition) is 6. The molecule has 66 heavy (non-hydrogen) atoms. The predicted molar refractivity (Wildman–Crippen MR) is 283 cm³/mol. The van der Waals surface area contributed by atoms with Crippen LogP contribution < -0.4 is 0 Å². The minimum absolute atomic E-state index is 0.127. The van der Waals surface area contributed by atoms with E-state index < -0.39 is 12.1 Å². The van der Waals surface area contributed by atoms with Gasteiger partial charge in [0.25, 0.3) is 0 Å². The summed E-state index contributed by atoms with van der Waals surface area (Å²) in [6.45, 7) is 6.27. The van der Waals surface area contributed by atoms with Crippen molar-refractivity contribution in [3.63, 3.8) is 0 Å². The third-order valence-corrected chi connectivity index (χ3v) is 10.4. The van der Waals surface area contributed by atoms with Crippen molar-refractivity contribution in [2.75, 3.05) is 13.2 Å². The third-order valence-electron chi connectivity index (χ3n) is 10.4. The Morgan fingerprint density at radius 2 is 0.621 bits per heavy atom. The zero-order valence-electron chi connectivity index (χ0n) is 42.1. The molecule has 0 rings (SSSR count). The zero-order chi connectivity index (χ0) is 47.9. The van der Waals surface area contributed by atoms with Gasteiger partial charge in [0.15, 0.2) is 6.10 Å². The Kier molecular flexibility index (Phi) is 49.6. The quantitative estimate of drug-likeness (QED) is 0.0262. The second kappa shape index (κ2) is 53.2. The van der Waals surface area contributed by atoms with Crippen molar-refractivity contribution < 1.29 is 28.6 Å². The predicted octanol–water partition coefficient (Wildman–Crippen LogP) is 17.5. The van der Waals surface area contributed by atoms with Gasteiger partial charge in [0.05, 0.1) is 0 Å². The molecule has 370 valence electrons. The van der Waals surface area contributed by atoms with E-state index in [0.29, 0.717) is 19.3 Å². The molecule has 0 saturated carbocycles. The Morgan fingerprint density at radius 1 is 0.318 bits per heavy atom. The van der Waals surface area contributed by atoms with Gasteiger partial charge in [-0.05, 0) is 96.3 Å². The minimum Gasteiger partial charge on any atom is -0.462 e. The van der Waals surface area contributed by atoms with Crippen LogP contribution in [0.25, 0.3) is 0 Å². The van der Waals surface area contributed by atoms with E-state index in [4.69, 9.17) is 14.2 Å². The lowest BCUT2D eigenvalue weighted by Crippen LogP contribution is -2.30. The summed E-state index contributed by atoms with van der Waals surface area (Å²) in [5.41, 5.74) is 0. The van der Waals surface area contributed by atoms with E-state index in [1.165, 1.54) is 57.8 Å². The maximum absolute atomic E-state index is 12.8. The van der Waals surface area contributed by atoms with Gasteiger partial charge < -0.3 is 14.2 Å². The zero-order valence-corrected chi connectivity index (χ0v) is 42.1. The summed E-state index contributed by atoms with van der Waals surface area (Å²) >= 11 is 0. The standard InChI is InChI=1S/C60H94O6/c1-4-7-10-13-16-19-22-25-27-29-30-32-33-35-38-41-44-47-50-53-59(62)65-56-57(55-64-58(61)52-49-46-43-40-37-24-21-18-15-12-9-6-3)66-60(63)54-51-48-45-42-39-36-34-31-28-26-23-20-17-14-11-8-5-2/h7-8,10-11,16-17,19-20,25-28,30,32,34-36,38,42,44-45,47,57H,4-6,9,12-15,18,21-24,29,31,33,37,39-41,43,46,48-56H2,1-3H3/b10-7-,11-8-,19-16-,20-17-,27-25-,28-26-,32-30-,36-34-,38-35-,45-42-,47-44-/t57-/m1/s1. The Morgan fingerprint density at radius 3 is 1.00 bits per heavy atom. The molecule has 0 aromatic carbocycles. The van der Waals surface area contributed by atoms with Crippen molar-refractivity contribution in [1.82, 2.24) is 0 Å². The van der Waals surface area contributed by atoms with Crippen molar-refractivity contribution in [3.05, 3.63) is 134 Å². The van der Waals surface area contributed by atoms with E-state index in [9.17, 15) is 14.4 Å². The number of esters is 3. The van der Waals surface area contributed by atoms with Crippen LogP contribution in [-0.2, 0) is 28.6 Å². The molecule has 0 saturated heterocycles. The van der Waals surface area contributed by atoms with Crippen LogP contribution >= 0.6 is 0 Å². The van der Waals surface area contributed by atoms with Crippen LogP contribution in [0.1, 0.15) is 207 Å². The number of carbonyl (C=O) groups excluding carboxylic acids is 3. The molecule has 6 nitrogen and oxygen atoms in total. The van der Waals surface area contributed by atoms with Crippen molar-refractivity contribution in [2.24, 2.45) is 0 Å². The maximum Gasteiger partial charge on any atom is 0.306 e. The van der Waals surface area contributed by atoms with E-state index in [0.717, 1.165) is 96.3 Å². The first-order chi connectivity index (χ1) is 32.5. The molecule has 0 aliphatic carbocycles. The molecule has 0 aliphatic heterocycles. The second-order valence-electron chi connectivity index (χ2n) is 16.7. The van der Waals surface area contributed by atoms with Crippen LogP contribution in [-0.4, -0.2) is 37.2 Å². The Labute approximate surface area is 405 Å². The average molecular weight is 911 g/mol. The number of allylic oxidation sites excluding steroid dienone is 22. The Bertz CT molecular complexity index is 1460. The number of carbonyl (C=O) groups is 3. The highest BCUT2D eigenvalue weighted by Gasteiger charge is 2.19. The van der Waals surface area contributed by atoms with Crippen LogP contribution in [0.3, 0.4) is 0 Å². The summed E-state index contributed by atoms with van der Waals surface area (Å²) in [5, 5.41) is 0. The van der Waals surface area contributed by atoms with Gasteiger partial charge in [0, 0.05) is 19.3 Å². The first-order valence-corrected chi connectivity index (χ1v) is 26.2. The highest BCUT2D eigenvalue weighted by Crippen LogP contribution is 2.13. The number of hydrogen-bond donors (Lipinski definition) is 0. The van der Waals surface area contributed by atoms with Gasteiger partial charge in [-0.25, -0.2) is 0 Å². The van der Waals surface area contributed by atoms with E-state index in [2.05, 4.69) is 142 Å². The van der Waals surface area contributed by atoms with Crippen molar-refractivity contribution in [3.8, 4) is 0 Å². The molecule has 1 atom stereocenters. The summed E-state index contributed by atoms with van der Waals surface area (Å²) in [6, 6.07) is 0. The molecule has 0 radical (unpaired) electrons. The molecule has 0 N–H and O–H groups in total. The van der Waals surface area contributed by atoms with Crippen LogP contribution in [0.2, 0.25) is 0 Å². The van der Waals surface area contributed by atoms with Crippen molar-refractivity contribution >= 4 is 17.9 Å². The molecule has 0 aromatic rings. The molecule has 0 aromatic heterocycles. The molecular weight excluding hydrogens is 817 g/mol. The maximum atomic E-state index is 12.8. The van der Waals surface area contributed by atoms with Gasteiger partial charge in [0.1, 0.15) is 13.2 Å². The molecule has 0 spiro atoms. The van der Waals surface area contributed by atoms with Gasteiger partial charge in [-0.2, -0.15) is 0 Å². The van der Waals surface area contributed by atoms with Crippen LogP contribution in [0, 0.1) is 0 Å². The van der Waals surface area contributed by atoms with Gasteiger partial charge in [-0.1, -0.05) is 225 Å². The molecule has 0 fully saturated rings. The smallest absolute Gasteiger partial charge is 0.306 e. The first kappa shape index (κ1) is 61.5. The summed E-state index contributed by atoms with van der Waals surface area (Å²) in [4.78, 5) is 38.0. The van der Waals surface area contributed by atoms with E-state index >= 15 is 0 Å². The van der Waals surface area contributed by atoms with E-state index in [1.807, 2.05) is 12.2 Å². The fraction of sp³-hybridized carbons (Fsp3) is 0.583. The number of unbranched alkanes of at least 4 members (excludes halogenated alkanes) is 12. The summed E-state index contributed by atoms with van der Waals surface area (Å²) in [7, 11) is 0. The molecule has 0 amide bonds. The fourth-order valence-corrected chi connectivity index (χ4v) is 6.56. The topological polar surface area (TPSA) is 78.9 Å². The van der Waals surface area contributed by atoms with Crippen molar-refractivity contribution in [2.45, 2.75) is 213 Å². The number of ether oxygens (including phenoxy) is 3. The molecule has 0 aliphatic rings. The highest BCUT2D eigenvalue weighted by atomic mass is 16.6. The molecule has 0 unspecified atom stereocenters. The monoisotopic (exact) mass is 911 g/mol. The second-order valence-corrected chi connectivity index (χ2v) is 16.7. The largest absolute Gasteiger partial charge is 0.462 e. The highest BCUT2D eigenvalue weighted by molar-refractivity contribution is 5.71. The van der Waals surface area contributed by atoms with Gasteiger partial charge in [-0.15, -0.1) is 0 Å². The lowest BCUT2D eigenvalue weighted by atomic mass is 10.0. The summed E-state index contributed by atoms with van der Waals surface area (Å²) in [6.07, 6.45) is 74.5. The van der Waals surface area contributed by atoms with Crippen LogP contribution in [0.5, 0.6) is 0 Å². The van der Waals surface area contributed by atoms with Crippen molar-refractivity contribution in [1.29, 1.82) is 0 Å². The summed E-state index contributed by atoms with van der Waals surface area (Å²) < 4.78 is 16.7. The van der Waals surface area contributed by atoms with Gasteiger partial charge in [0.2, 0.25) is 0 Å². The third kappa shape index (κ3) is 50.5. The van der Waals surface area contributed by atoms with Crippen LogP contribution in [0.15, 0.2) is 134 Å². The molecule has 0 bridgehead atoms. The molecule has 0 heterocycles. The number of rotatable bonds is 45. The minimum atomic E-state index is -0.841. The van der Waals surface area contributed by atoms with E-state index in [-0.39, 0.29) is 38.0 Å². The van der Waals surface area contributed by atoms with Gasteiger partial charge >= 0.3 is 17.9 Å². The Hall–Kier alpha value is -4.45. The summed E-state index contributed by atoms with van der Waals surface area (Å²) in [5.74, 6) is -1.08. The molecular formula is C60H94O6.